The van der Waals surface area contributed by atoms with Gasteiger partial charge in [0.05, 0.1) is 5.02 Å². The van der Waals surface area contributed by atoms with Crippen LogP contribution in [-0.4, -0.2) is 32.0 Å². The van der Waals surface area contributed by atoms with Crippen LogP contribution in [0.2, 0.25) is 5.02 Å². The molecule has 0 aliphatic carbocycles. The fourth-order valence-corrected chi connectivity index (χ4v) is 3.04. The second-order valence-corrected chi connectivity index (χ2v) is 6.43. The molecule has 2 rings (SSSR count). The Morgan fingerprint density at radius 1 is 1.33 bits per heavy atom. The zero-order chi connectivity index (χ0) is 15.3. The Morgan fingerprint density at radius 2 is 2.14 bits per heavy atom. The molecule has 0 atom stereocenters. The van der Waals surface area contributed by atoms with Gasteiger partial charge in [0.1, 0.15) is 10.7 Å². The van der Waals surface area contributed by atoms with Gasteiger partial charge in [-0.3, -0.25) is 4.98 Å². The first kappa shape index (κ1) is 15.7. The largest absolute Gasteiger partial charge is 0.372 e. The summed E-state index contributed by atoms with van der Waals surface area (Å²) in [5, 5.41) is 3.03. The van der Waals surface area contributed by atoms with Crippen LogP contribution in [0.25, 0.3) is 0 Å². The maximum absolute atomic E-state index is 12.1. The lowest BCUT2D eigenvalue weighted by molar-refractivity contribution is 0.581. The summed E-state index contributed by atoms with van der Waals surface area (Å²) >= 11 is 5.94. The molecule has 2 N–H and O–H groups in total. The van der Waals surface area contributed by atoms with Gasteiger partial charge in [-0.15, -0.1) is 0 Å². The predicted octanol–water partition coefficient (Wildman–Crippen LogP) is 1.69. The van der Waals surface area contributed by atoms with E-state index in [2.05, 4.69) is 20.0 Å². The van der Waals surface area contributed by atoms with Gasteiger partial charge in [0.15, 0.2) is 0 Å². The predicted molar refractivity (Wildman–Crippen MR) is 81.9 cm³/mol. The number of anilines is 1. The highest BCUT2D eigenvalue weighted by molar-refractivity contribution is 7.89. The van der Waals surface area contributed by atoms with E-state index in [1.807, 2.05) is 12.1 Å². The van der Waals surface area contributed by atoms with Crippen molar-refractivity contribution in [3.05, 3.63) is 47.4 Å². The van der Waals surface area contributed by atoms with Crippen LogP contribution >= 0.6 is 11.6 Å². The maximum atomic E-state index is 12.1. The Kier molecular flexibility index (Phi) is 5.11. The highest BCUT2D eigenvalue weighted by Gasteiger charge is 2.15. The number of hydrogen-bond acceptors (Lipinski definition) is 5. The Morgan fingerprint density at radius 3 is 2.76 bits per heavy atom. The molecule has 0 saturated carbocycles. The molecule has 2 heterocycles. The van der Waals surface area contributed by atoms with Crippen LogP contribution in [0.1, 0.15) is 5.56 Å². The molecule has 0 fully saturated rings. The number of nitrogens with zero attached hydrogens (tertiary/aromatic N) is 2. The summed E-state index contributed by atoms with van der Waals surface area (Å²) in [4.78, 5) is 7.97. The molecule has 0 aliphatic heterocycles. The van der Waals surface area contributed by atoms with Gasteiger partial charge < -0.3 is 5.32 Å². The minimum absolute atomic E-state index is 0.0395. The number of sulfonamides is 1. The van der Waals surface area contributed by atoms with E-state index >= 15 is 0 Å². The van der Waals surface area contributed by atoms with Gasteiger partial charge in [-0.1, -0.05) is 17.7 Å². The molecular formula is C13H15ClN4O2S. The van der Waals surface area contributed by atoms with Gasteiger partial charge in [-0.25, -0.2) is 18.1 Å². The van der Waals surface area contributed by atoms with Crippen LogP contribution in [-0.2, 0) is 16.4 Å². The monoisotopic (exact) mass is 326 g/mol. The normalized spacial score (nSPS) is 11.3. The maximum Gasteiger partial charge on any atom is 0.242 e. The highest BCUT2D eigenvalue weighted by Crippen LogP contribution is 2.21. The lowest BCUT2D eigenvalue weighted by Gasteiger charge is -2.08. The fourth-order valence-electron chi connectivity index (χ4n) is 1.71. The molecule has 21 heavy (non-hydrogen) atoms. The lowest BCUT2D eigenvalue weighted by Crippen LogP contribution is -2.26. The molecule has 8 heteroatoms. The Hall–Kier alpha value is -1.70. The Balaban J connectivity index is 2.03. The number of hydrogen-bond donors (Lipinski definition) is 2. The number of pyridine rings is 2. The first-order valence-corrected chi connectivity index (χ1v) is 8.11. The van der Waals surface area contributed by atoms with Crippen LogP contribution in [0, 0.1) is 0 Å². The van der Waals surface area contributed by atoms with Gasteiger partial charge in [0, 0.05) is 32.2 Å². The fraction of sp³-hybridized carbons (Fsp3) is 0.231. The van der Waals surface area contributed by atoms with Crippen molar-refractivity contribution in [3.8, 4) is 0 Å². The molecule has 6 nitrogen and oxygen atoms in total. The first-order valence-electron chi connectivity index (χ1n) is 6.25. The first-order chi connectivity index (χ1) is 10.0. The summed E-state index contributed by atoms with van der Waals surface area (Å²) in [6, 6.07) is 5.07. The van der Waals surface area contributed by atoms with Gasteiger partial charge in [-0.05, 0) is 24.1 Å². The number of aromatic nitrogens is 2. The zero-order valence-corrected chi connectivity index (χ0v) is 12.9. The van der Waals surface area contributed by atoms with Crippen LogP contribution < -0.4 is 10.0 Å². The third-order valence-corrected chi connectivity index (χ3v) is 4.51. The molecule has 0 amide bonds. The van der Waals surface area contributed by atoms with Gasteiger partial charge in [0.25, 0.3) is 0 Å². The number of halogens is 1. The molecule has 0 aromatic carbocycles. The molecule has 0 aliphatic rings. The van der Waals surface area contributed by atoms with Crippen molar-refractivity contribution in [3.63, 3.8) is 0 Å². The average Bonchev–Trinajstić information content (AvgIpc) is 2.48. The molecule has 112 valence electrons. The summed E-state index contributed by atoms with van der Waals surface area (Å²) in [7, 11) is -1.96. The topological polar surface area (TPSA) is 84.0 Å². The van der Waals surface area contributed by atoms with Crippen molar-refractivity contribution < 1.29 is 8.42 Å². The van der Waals surface area contributed by atoms with E-state index in [4.69, 9.17) is 11.6 Å². The molecule has 2 aromatic rings. The van der Waals surface area contributed by atoms with Crippen LogP contribution in [0.4, 0.5) is 5.82 Å². The molecule has 0 radical (unpaired) electrons. The van der Waals surface area contributed by atoms with Crippen molar-refractivity contribution in [1.82, 2.24) is 14.7 Å². The van der Waals surface area contributed by atoms with E-state index in [-0.39, 0.29) is 16.5 Å². The SMILES string of the molecule is CNc1ncc(S(=O)(=O)NCCc2cccnc2)cc1Cl. The smallest absolute Gasteiger partial charge is 0.242 e. The van der Waals surface area contributed by atoms with E-state index < -0.39 is 10.0 Å². The Labute approximate surface area is 128 Å². The molecular weight excluding hydrogens is 312 g/mol. The number of rotatable bonds is 6. The van der Waals surface area contributed by atoms with E-state index in [1.165, 1.54) is 12.3 Å². The zero-order valence-electron chi connectivity index (χ0n) is 11.4. The second kappa shape index (κ2) is 6.84. The van der Waals surface area contributed by atoms with E-state index in [0.29, 0.717) is 12.2 Å². The standard InChI is InChI=1S/C13H15ClN4O2S/c1-15-13-12(14)7-11(9-17-13)21(19,20)18-6-4-10-3-2-5-16-8-10/h2-3,5,7-9,18H,4,6H2,1H3,(H,15,17). The molecule has 2 aromatic heterocycles. The molecule has 0 spiro atoms. The van der Waals surface area contributed by atoms with Crippen LogP contribution in [0.15, 0.2) is 41.7 Å². The third kappa shape index (κ3) is 4.13. The highest BCUT2D eigenvalue weighted by atomic mass is 35.5. The molecule has 0 saturated heterocycles. The second-order valence-electron chi connectivity index (χ2n) is 4.26. The summed E-state index contributed by atoms with van der Waals surface area (Å²) in [5.41, 5.74) is 0.960. The summed E-state index contributed by atoms with van der Waals surface area (Å²) in [5.74, 6) is 0.436. The summed E-state index contributed by atoms with van der Waals surface area (Å²) in [6.45, 7) is 0.277. The van der Waals surface area contributed by atoms with Gasteiger partial charge in [-0.2, -0.15) is 0 Å². The lowest BCUT2D eigenvalue weighted by atomic mass is 10.2. The van der Waals surface area contributed by atoms with Crippen molar-refractivity contribution >= 4 is 27.4 Å². The van der Waals surface area contributed by atoms with Crippen LogP contribution in [0.5, 0.6) is 0 Å². The van der Waals surface area contributed by atoms with E-state index in [1.54, 1.807) is 19.4 Å². The number of nitrogens with one attached hydrogen (secondary N) is 2. The molecule has 0 bridgehead atoms. The Bertz CT molecular complexity index is 707. The minimum atomic E-state index is -3.62. The van der Waals surface area contributed by atoms with E-state index in [9.17, 15) is 8.42 Å². The van der Waals surface area contributed by atoms with Gasteiger partial charge in [0.2, 0.25) is 10.0 Å². The summed E-state index contributed by atoms with van der Waals surface area (Å²) < 4.78 is 26.8. The average molecular weight is 327 g/mol. The van der Waals surface area contributed by atoms with Crippen molar-refractivity contribution in [2.45, 2.75) is 11.3 Å². The quantitative estimate of drug-likeness (QED) is 0.844. The van der Waals surface area contributed by atoms with Crippen LogP contribution in [0.3, 0.4) is 0 Å². The minimum Gasteiger partial charge on any atom is -0.372 e. The van der Waals surface area contributed by atoms with Crippen molar-refractivity contribution in [1.29, 1.82) is 0 Å². The van der Waals surface area contributed by atoms with Crippen molar-refractivity contribution in [2.75, 3.05) is 18.9 Å². The van der Waals surface area contributed by atoms with Gasteiger partial charge >= 0.3 is 0 Å². The summed E-state index contributed by atoms with van der Waals surface area (Å²) in [6.07, 6.45) is 5.20. The van der Waals surface area contributed by atoms with E-state index in [0.717, 1.165) is 5.56 Å². The third-order valence-electron chi connectivity index (χ3n) is 2.79. The van der Waals surface area contributed by atoms with Crippen molar-refractivity contribution in [2.24, 2.45) is 0 Å². The molecule has 0 unspecified atom stereocenters.